The second-order valence-corrected chi connectivity index (χ2v) is 12.3. The molecule has 4 heterocycles. The van der Waals surface area contributed by atoms with Crippen LogP contribution in [0.3, 0.4) is 0 Å². The van der Waals surface area contributed by atoms with E-state index in [0.717, 1.165) is 11.1 Å². The number of likely N-dealkylation sites (tertiary alicyclic amines) is 1. The van der Waals surface area contributed by atoms with Gasteiger partial charge in [0.1, 0.15) is 0 Å². The van der Waals surface area contributed by atoms with Crippen molar-refractivity contribution in [2.24, 2.45) is 5.41 Å². The van der Waals surface area contributed by atoms with Gasteiger partial charge in [0.2, 0.25) is 11.9 Å². The highest BCUT2D eigenvalue weighted by Crippen LogP contribution is 2.51. The molecule has 1 N–H and O–H groups in total. The van der Waals surface area contributed by atoms with Gasteiger partial charge in [0.25, 0.3) is 0 Å². The van der Waals surface area contributed by atoms with Crippen molar-refractivity contribution in [2.75, 3.05) is 19.8 Å². The van der Waals surface area contributed by atoms with E-state index >= 15 is 0 Å². The lowest BCUT2D eigenvalue weighted by molar-refractivity contribution is -0.365. The van der Waals surface area contributed by atoms with Crippen LogP contribution in [0.4, 0.5) is 0 Å². The predicted molar refractivity (Wildman–Crippen MR) is 149 cm³/mol. The van der Waals surface area contributed by atoms with Crippen molar-refractivity contribution in [2.45, 2.75) is 82.8 Å². The SMILES string of the molecule is CCOCC1(CCc2ccccc2)CCN(Cc2ccc3c(c2)OC(C)(C)O3)C23OC(=O)CC(O)(CC(=O)OC12)C(=O)O3. The monoisotopic (exact) mass is 595 g/mol. The quantitative estimate of drug-likeness (QED) is 0.452. The molecular weight excluding hydrogens is 558 g/mol. The molecule has 3 fully saturated rings. The second kappa shape index (κ2) is 10.8. The van der Waals surface area contributed by atoms with Crippen LogP contribution >= 0.6 is 0 Å². The minimum atomic E-state index is -2.40. The summed E-state index contributed by atoms with van der Waals surface area (Å²) in [6.07, 6.45) is -1.11. The van der Waals surface area contributed by atoms with Gasteiger partial charge in [-0.1, -0.05) is 36.4 Å². The number of nitrogens with zero attached hydrogens (tertiary/aromatic N) is 1. The first kappa shape index (κ1) is 29.4. The standard InChI is InChI=1S/C32H37NO10/c1-4-38-20-30(13-12-21-8-6-5-7-9-21)14-15-33(19-22-10-11-23-24(16-22)41-29(2,3)40-23)32-27(30)39-25(34)17-31(37,28(36)43-32)18-26(35)42-32/h5-11,16,27,37H,4,12-15,17-20H2,1-3H3. The summed E-state index contributed by atoms with van der Waals surface area (Å²) in [5.41, 5.74) is -1.46. The third-order valence-electron chi connectivity index (χ3n) is 8.65. The Kier molecular flexibility index (Phi) is 7.38. The third-order valence-corrected chi connectivity index (χ3v) is 8.65. The van der Waals surface area contributed by atoms with Crippen LogP contribution in [-0.4, -0.2) is 71.1 Å². The fourth-order valence-electron chi connectivity index (χ4n) is 6.53. The van der Waals surface area contributed by atoms with Gasteiger partial charge in [0.05, 0.1) is 19.4 Å². The lowest BCUT2D eigenvalue weighted by atomic mass is 9.70. The minimum absolute atomic E-state index is 0.146. The number of hydrogen-bond donors (Lipinski definition) is 1. The van der Waals surface area contributed by atoms with E-state index in [0.29, 0.717) is 43.9 Å². The smallest absolute Gasteiger partial charge is 0.360 e. The highest BCUT2D eigenvalue weighted by Gasteiger charge is 2.69. The van der Waals surface area contributed by atoms with Crippen molar-refractivity contribution in [3.8, 4) is 11.5 Å². The fourth-order valence-corrected chi connectivity index (χ4v) is 6.53. The number of aryl methyl sites for hydroxylation is 1. The normalized spacial score (nSPS) is 31.3. The zero-order valence-electron chi connectivity index (χ0n) is 24.6. The summed E-state index contributed by atoms with van der Waals surface area (Å²) in [4.78, 5) is 41.9. The highest BCUT2D eigenvalue weighted by molar-refractivity contribution is 5.92. The molecule has 0 aliphatic carbocycles. The van der Waals surface area contributed by atoms with E-state index in [9.17, 15) is 19.5 Å². The number of rotatable bonds is 8. The Morgan fingerprint density at radius 2 is 1.67 bits per heavy atom. The summed E-state index contributed by atoms with van der Waals surface area (Å²) in [5, 5.41) is 11.1. The Morgan fingerprint density at radius 3 is 2.44 bits per heavy atom. The maximum Gasteiger partial charge on any atom is 0.360 e. The summed E-state index contributed by atoms with van der Waals surface area (Å²) in [5.74, 6) is -4.61. The Hall–Kier alpha value is -3.67. The third kappa shape index (κ3) is 5.45. The molecule has 43 heavy (non-hydrogen) atoms. The molecule has 4 aliphatic rings. The van der Waals surface area contributed by atoms with Crippen LogP contribution in [0.5, 0.6) is 11.5 Å². The van der Waals surface area contributed by atoms with Crippen LogP contribution < -0.4 is 9.47 Å². The number of hydrogen-bond acceptors (Lipinski definition) is 11. The molecule has 4 aliphatic heterocycles. The number of piperidine rings is 1. The zero-order chi connectivity index (χ0) is 30.5. The van der Waals surface area contributed by atoms with Crippen LogP contribution in [0.15, 0.2) is 48.5 Å². The molecule has 4 atom stereocenters. The van der Waals surface area contributed by atoms with E-state index < -0.39 is 59.6 Å². The molecule has 230 valence electrons. The lowest BCUT2D eigenvalue weighted by Gasteiger charge is -2.55. The maximum absolute atomic E-state index is 13.5. The van der Waals surface area contributed by atoms with Gasteiger partial charge in [-0.25, -0.2) is 9.69 Å². The summed E-state index contributed by atoms with van der Waals surface area (Å²) in [6, 6.07) is 15.3. The molecule has 2 bridgehead atoms. The number of aliphatic hydroxyl groups is 1. The van der Waals surface area contributed by atoms with E-state index in [1.54, 1.807) is 11.0 Å². The number of carbonyl (C=O) groups is 3. The molecule has 0 aromatic heterocycles. The Morgan fingerprint density at radius 1 is 0.930 bits per heavy atom. The van der Waals surface area contributed by atoms with Gasteiger partial charge in [-0.15, -0.1) is 0 Å². The minimum Gasteiger partial charge on any atom is -0.451 e. The fraction of sp³-hybridized carbons (Fsp3) is 0.531. The van der Waals surface area contributed by atoms with E-state index in [4.69, 9.17) is 28.4 Å². The van der Waals surface area contributed by atoms with Crippen LogP contribution in [-0.2, 0) is 46.3 Å². The number of ether oxygens (including phenoxy) is 6. The molecule has 0 saturated carbocycles. The van der Waals surface area contributed by atoms with E-state index in [-0.39, 0.29) is 13.2 Å². The number of esters is 3. The first-order valence-electron chi connectivity index (χ1n) is 14.7. The highest BCUT2D eigenvalue weighted by atomic mass is 16.8. The maximum atomic E-state index is 13.5. The Bertz CT molecular complexity index is 1410. The summed E-state index contributed by atoms with van der Waals surface area (Å²) in [7, 11) is 0. The second-order valence-electron chi connectivity index (χ2n) is 12.3. The molecule has 0 radical (unpaired) electrons. The molecular formula is C32H37NO10. The van der Waals surface area contributed by atoms with Crippen molar-refractivity contribution in [3.05, 3.63) is 59.7 Å². The van der Waals surface area contributed by atoms with Gasteiger partial charge < -0.3 is 33.5 Å². The van der Waals surface area contributed by atoms with Gasteiger partial charge >= 0.3 is 23.8 Å². The first-order valence-corrected chi connectivity index (χ1v) is 14.7. The van der Waals surface area contributed by atoms with Crippen molar-refractivity contribution in [3.63, 3.8) is 0 Å². The number of benzene rings is 2. The molecule has 11 nitrogen and oxygen atoms in total. The molecule has 11 heteroatoms. The van der Waals surface area contributed by atoms with Gasteiger partial charge in [-0.05, 0) is 49.4 Å². The summed E-state index contributed by atoms with van der Waals surface area (Å²) >= 11 is 0. The molecule has 6 rings (SSSR count). The van der Waals surface area contributed by atoms with Crippen molar-refractivity contribution < 1.29 is 47.9 Å². The largest absolute Gasteiger partial charge is 0.451 e. The summed E-state index contributed by atoms with van der Waals surface area (Å²) in [6.45, 7) is 6.50. The van der Waals surface area contributed by atoms with Crippen molar-refractivity contribution >= 4 is 17.9 Å². The van der Waals surface area contributed by atoms with Crippen LogP contribution in [0.2, 0.25) is 0 Å². The first-order chi connectivity index (χ1) is 20.5. The average Bonchev–Trinajstić information content (AvgIpc) is 3.24. The molecule has 2 aromatic carbocycles. The Labute approximate surface area is 249 Å². The average molecular weight is 596 g/mol. The van der Waals surface area contributed by atoms with E-state index in [1.165, 1.54) is 0 Å². The van der Waals surface area contributed by atoms with Gasteiger partial charge in [-0.2, -0.15) is 0 Å². The van der Waals surface area contributed by atoms with Gasteiger partial charge in [0, 0.05) is 39.0 Å². The van der Waals surface area contributed by atoms with Crippen LogP contribution in [0, 0.1) is 5.41 Å². The predicted octanol–water partition coefficient (Wildman–Crippen LogP) is 3.25. The van der Waals surface area contributed by atoms with Crippen LogP contribution in [0.1, 0.15) is 57.6 Å². The van der Waals surface area contributed by atoms with E-state index in [1.807, 2.05) is 63.2 Å². The number of fused-ring (bicyclic) bond motifs is 3. The van der Waals surface area contributed by atoms with Crippen molar-refractivity contribution in [1.29, 1.82) is 0 Å². The Balaban J connectivity index is 1.43. The zero-order valence-corrected chi connectivity index (χ0v) is 24.6. The molecule has 3 saturated heterocycles. The molecule has 2 aromatic rings. The topological polar surface area (TPSA) is 130 Å². The number of carbonyl (C=O) groups excluding carboxylic acids is 3. The van der Waals surface area contributed by atoms with Crippen LogP contribution in [0.25, 0.3) is 0 Å². The summed E-state index contributed by atoms with van der Waals surface area (Å²) < 4.78 is 35.9. The van der Waals surface area contributed by atoms with Crippen molar-refractivity contribution in [1.82, 2.24) is 4.90 Å². The lowest BCUT2D eigenvalue weighted by Crippen LogP contribution is -2.72. The molecule has 0 amide bonds. The van der Waals surface area contributed by atoms with E-state index in [2.05, 4.69) is 0 Å². The molecule has 1 spiro atoms. The van der Waals surface area contributed by atoms with Gasteiger partial charge in [0.15, 0.2) is 17.1 Å². The van der Waals surface area contributed by atoms with Gasteiger partial charge in [-0.3, -0.25) is 9.59 Å². The molecule has 4 unspecified atom stereocenters.